The minimum absolute atomic E-state index is 0.966. The van der Waals surface area contributed by atoms with E-state index < -0.39 is 0 Å². The lowest BCUT2D eigenvalue weighted by atomic mass is 9.93. The molecule has 0 radical (unpaired) electrons. The number of unbranched alkanes of at least 4 members (excludes halogenated alkanes) is 10. The van der Waals surface area contributed by atoms with Gasteiger partial charge in [-0.15, -0.1) is 34.0 Å². The standard InChI is InChI=1S/C46H48OS3/c1-3-5-7-9-11-13-19-31-25-27-41(48-31)37-30-36-34-22-16-18-24-40(34)50-46(36)44-38(42-28-26-32(49-42)20-14-12-10-8-6-4-2)29-35-33-21-15-17-23-39(33)47-45(35)43(37)44/h15-18,21-30H,3-14,19-20H2,1-2H3. The summed E-state index contributed by atoms with van der Waals surface area (Å²) in [5.74, 6) is 0. The summed E-state index contributed by atoms with van der Waals surface area (Å²) >= 11 is 5.93. The van der Waals surface area contributed by atoms with Gasteiger partial charge in [0.1, 0.15) is 11.2 Å². The minimum Gasteiger partial charge on any atom is -0.455 e. The van der Waals surface area contributed by atoms with Crippen LogP contribution in [0, 0.1) is 0 Å². The molecule has 1 nitrogen and oxygen atoms in total. The van der Waals surface area contributed by atoms with Crippen LogP contribution in [0.2, 0.25) is 0 Å². The van der Waals surface area contributed by atoms with Crippen molar-refractivity contribution in [1.82, 2.24) is 0 Å². The average molecular weight is 713 g/mol. The second-order valence-corrected chi connectivity index (χ2v) is 17.5. The third kappa shape index (κ3) is 6.67. The molecule has 0 atom stereocenters. The molecule has 4 heterocycles. The van der Waals surface area contributed by atoms with Gasteiger partial charge in [-0.25, -0.2) is 0 Å². The molecule has 0 aliphatic rings. The molecule has 8 rings (SSSR count). The lowest BCUT2D eigenvalue weighted by Gasteiger charge is -2.12. The van der Waals surface area contributed by atoms with Crippen molar-refractivity contribution in [3.63, 3.8) is 0 Å². The van der Waals surface area contributed by atoms with Gasteiger partial charge in [-0.05, 0) is 74.2 Å². The smallest absolute Gasteiger partial charge is 0.143 e. The first-order valence-corrected chi connectivity index (χ1v) is 21.6. The van der Waals surface area contributed by atoms with E-state index in [-0.39, 0.29) is 0 Å². The van der Waals surface area contributed by atoms with Crippen LogP contribution in [0.25, 0.3) is 73.8 Å². The fourth-order valence-electron chi connectivity index (χ4n) is 7.82. The summed E-state index contributed by atoms with van der Waals surface area (Å²) in [4.78, 5) is 5.71. The van der Waals surface area contributed by atoms with Crippen LogP contribution in [0.15, 0.2) is 89.3 Å². The monoisotopic (exact) mass is 712 g/mol. The van der Waals surface area contributed by atoms with E-state index in [0.29, 0.717) is 0 Å². The Kier molecular flexibility index (Phi) is 10.4. The molecule has 0 aliphatic carbocycles. The molecule has 0 fully saturated rings. The van der Waals surface area contributed by atoms with Crippen molar-refractivity contribution < 1.29 is 4.42 Å². The average Bonchev–Trinajstić information content (AvgIpc) is 3.95. The van der Waals surface area contributed by atoms with Crippen LogP contribution >= 0.6 is 34.0 Å². The van der Waals surface area contributed by atoms with Gasteiger partial charge in [-0.1, -0.05) is 114 Å². The number of para-hydroxylation sites is 1. The van der Waals surface area contributed by atoms with E-state index in [0.717, 1.165) is 11.2 Å². The van der Waals surface area contributed by atoms with E-state index in [1.165, 1.54) is 162 Å². The molecule has 0 unspecified atom stereocenters. The van der Waals surface area contributed by atoms with Crippen LogP contribution in [0.3, 0.4) is 0 Å². The first kappa shape index (κ1) is 33.7. The van der Waals surface area contributed by atoms with Crippen LogP contribution in [-0.4, -0.2) is 0 Å². The van der Waals surface area contributed by atoms with Crippen molar-refractivity contribution in [2.24, 2.45) is 0 Å². The number of hydrogen-bond acceptors (Lipinski definition) is 4. The third-order valence-corrected chi connectivity index (χ3v) is 14.1. The van der Waals surface area contributed by atoms with Crippen molar-refractivity contribution in [3.05, 3.63) is 94.7 Å². The Balaban J connectivity index is 1.29. The maximum Gasteiger partial charge on any atom is 0.143 e. The van der Waals surface area contributed by atoms with Crippen LogP contribution in [0.1, 0.15) is 101 Å². The molecule has 0 spiro atoms. The summed E-state index contributed by atoms with van der Waals surface area (Å²) in [7, 11) is 0. The van der Waals surface area contributed by atoms with Crippen LogP contribution in [-0.2, 0) is 12.8 Å². The largest absolute Gasteiger partial charge is 0.455 e. The zero-order valence-electron chi connectivity index (χ0n) is 29.6. The zero-order valence-corrected chi connectivity index (χ0v) is 32.1. The first-order valence-electron chi connectivity index (χ1n) is 19.1. The molecule has 0 saturated heterocycles. The number of thiophene rings is 3. The highest BCUT2D eigenvalue weighted by Gasteiger charge is 2.24. The molecule has 0 N–H and O–H groups in total. The molecule has 0 amide bonds. The number of fused-ring (bicyclic) bond motifs is 9. The first-order chi connectivity index (χ1) is 24.7. The minimum atomic E-state index is 0.966. The molecule has 0 bridgehead atoms. The second kappa shape index (κ2) is 15.4. The highest BCUT2D eigenvalue weighted by atomic mass is 32.1. The number of benzene rings is 4. The van der Waals surface area contributed by atoms with Gasteiger partial charge in [0.15, 0.2) is 0 Å². The molecule has 256 valence electrons. The Morgan fingerprint density at radius 2 is 1.04 bits per heavy atom. The van der Waals surface area contributed by atoms with Gasteiger partial charge in [0, 0.05) is 72.4 Å². The quantitative estimate of drug-likeness (QED) is 0.0909. The summed E-state index contributed by atoms with van der Waals surface area (Å²) in [6.45, 7) is 4.59. The Bertz CT molecular complexity index is 2210. The van der Waals surface area contributed by atoms with Gasteiger partial charge in [0.05, 0.1) is 0 Å². The number of rotatable bonds is 16. The molecule has 4 aromatic carbocycles. The fourth-order valence-corrected chi connectivity index (χ4v) is 11.2. The van der Waals surface area contributed by atoms with Crippen LogP contribution in [0.5, 0.6) is 0 Å². The lowest BCUT2D eigenvalue weighted by Crippen LogP contribution is -1.86. The summed E-state index contributed by atoms with van der Waals surface area (Å²) in [6.07, 6.45) is 18.3. The van der Waals surface area contributed by atoms with Crippen molar-refractivity contribution >= 4 is 86.9 Å². The number of hydrogen-bond donors (Lipinski definition) is 0. The van der Waals surface area contributed by atoms with E-state index in [9.17, 15) is 0 Å². The van der Waals surface area contributed by atoms with Crippen molar-refractivity contribution in [3.8, 4) is 20.9 Å². The molecule has 50 heavy (non-hydrogen) atoms. The van der Waals surface area contributed by atoms with Gasteiger partial charge in [-0.3, -0.25) is 0 Å². The predicted octanol–water partition coefficient (Wildman–Crippen LogP) is 16.4. The van der Waals surface area contributed by atoms with Gasteiger partial charge < -0.3 is 4.42 Å². The van der Waals surface area contributed by atoms with Crippen molar-refractivity contribution in [2.75, 3.05) is 0 Å². The topological polar surface area (TPSA) is 13.1 Å². The molecule has 8 aromatic rings. The van der Waals surface area contributed by atoms with E-state index >= 15 is 0 Å². The molecular formula is C46H48OS3. The van der Waals surface area contributed by atoms with Crippen molar-refractivity contribution in [1.29, 1.82) is 0 Å². The highest BCUT2D eigenvalue weighted by molar-refractivity contribution is 7.27. The lowest BCUT2D eigenvalue weighted by molar-refractivity contribution is 0.609. The maximum atomic E-state index is 6.87. The van der Waals surface area contributed by atoms with Gasteiger partial charge in [0.25, 0.3) is 0 Å². The number of furan rings is 1. The third-order valence-electron chi connectivity index (χ3n) is 10.5. The van der Waals surface area contributed by atoms with E-state index in [1.54, 1.807) is 0 Å². The maximum absolute atomic E-state index is 6.87. The molecule has 0 saturated carbocycles. The van der Waals surface area contributed by atoms with Gasteiger partial charge in [0.2, 0.25) is 0 Å². The molecule has 4 heteroatoms. The molecule has 4 aromatic heterocycles. The molecule has 0 aliphatic heterocycles. The highest BCUT2D eigenvalue weighted by Crippen LogP contribution is 2.51. The summed E-state index contributed by atoms with van der Waals surface area (Å²) in [5.41, 5.74) is 4.65. The fraction of sp³-hybridized carbons (Fsp3) is 0.348. The van der Waals surface area contributed by atoms with Gasteiger partial charge >= 0.3 is 0 Å². The summed E-state index contributed by atoms with van der Waals surface area (Å²) < 4.78 is 9.59. The molecular weight excluding hydrogens is 665 g/mol. The van der Waals surface area contributed by atoms with Crippen molar-refractivity contribution in [2.45, 2.75) is 104 Å². The Hall–Kier alpha value is -3.44. The Labute approximate surface area is 309 Å². The zero-order chi connectivity index (χ0) is 33.9. The van der Waals surface area contributed by atoms with E-state index in [2.05, 4.69) is 98.8 Å². The van der Waals surface area contributed by atoms with Crippen LogP contribution < -0.4 is 0 Å². The second-order valence-electron chi connectivity index (χ2n) is 14.1. The number of aryl methyl sites for hydroxylation is 2. The van der Waals surface area contributed by atoms with Crippen LogP contribution in [0.4, 0.5) is 0 Å². The Morgan fingerprint density at radius 3 is 1.72 bits per heavy atom. The van der Waals surface area contributed by atoms with E-state index in [4.69, 9.17) is 4.42 Å². The normalized spacial score (nSPS) is 12.1. The summed E-state index contributed by atoms with van der Waals surface area (Å²) in [6, 6.07) is 32.1. The SMILES string of the molecule is CCCCCCCCc1ccc(-c2cc3c4ccccc4sc3c3c(-c4ccc(CCCCCCCC)s4)cc4c5ccccc5oc4c23)s1. The Morgan fingerprint density at radius 1 is 0.480 bits per heavy atom. The van der Waals surface area contributed by atoms with Gasteiger partial charge in [-0.2, -0.15) is 0 Å². The summed E-state index contributed by atoms with van der Waals surface area (Å²) in [5, 5.41) is 7.76. The van der Waals surface area contributed by atoms with E-state index in [1.807, 2.05) is 34.0 Å². The predicted molar refractivity (Wildman–Crippen MR) is 225 cm³/mol.